The number of hydrogen-bond acceptors (Lipinski definition) is 4. The van der Waals surface area contributed by atoms with Gasteiger partial charge in [0.15, 0.2) is 0 Å². The van der Waals surface area contributed by atoms with E-state index in [-0.39, 0.29) is 17.5 Å². The van der Waals surface area contributed by atoms with Crippen LogP contribution in [0.3, 0.4) is 0 Å². The van der Waals surface area contributed by atoms with Crippen molar-refractivity contribution < 1.29 is 10.2 Å². The molecule has 6 nitrogen and oxygen atoms in total. The number of guanidine groups is 1. The number of nitrogens with two attached hydrogens (primary N) is 2. The zero-order chi connectivity index (χ0) is 14.5. The van der Waals surface area contributed by atoms with Gasteiger partial charge in [0, 0.05) is 17.2 Å². The summed E-state index contributed by atoms with van der Waals surface area (Å²) >= 11 is 0. The van der Waals surface area contributed by atoms with E-state index in [1.165, 1.54) is 12.1 Å². The molecule has 20 heavy (non-hydrogen) atoms. The van der Waals surface area contributed by atoms with Crippen LogP contribution < -0.4 is 11.5 Å². The first kappa shape index (κ1) is 13.4. The molecule has 0 bridgehead atoms. The summed E-state index contributed by atoms with van der Waals surface area (Å²) in [5.41, 5.74) is 12.1. The van der Waals surface area contributed by atoms with Crippen LogP contribution in [-0.4, -0.2) is 21.9 Å². The van der Waals surface area contributed by atoms with E-state index in [1.54, 1.807) is 6.07 Å². The van der Waals surface area contributed by atoms with Gasteiger partial charge in [-0.2, -0.15) is 0 Å². The number of aromatic hydroxyl groups is 2. The summed E-state index contributed by atoms with van der Waals surface area (Å²) in [5.74, 6) is -0.337. The molecule has 0 saturated carbocycles. The van der Waals surface area contributed by atoms with Crippen LogP contribution in [0.2, 0.25) is 0 Å². The average Bonchev–Trinajstić information content (AvgIpc) is 2.42. The van der Waals surface area contributed by atoms with Gasteiger partial charge in [0.05, 0.1) is 0 Å². The predicted molar refractivity (Wildman–Crippen MR) is 77.7 cm³/mol. The second kappa shape index (κ2) is 5.75. The third kappa shape index (κ3) is 3.05. The summed E-state index contributed by atoms with van der Waals surface area (Å²) in [5, 5.41) is 26.9. The van der Waals surface area contributed by atoms with Gasteiger partial charge in [-0.25, -0.2) is 0 Å². The fourth-order valence-electron chi connectivity index (χ4n) is 1.69. The van der Waals surface area contributed by atoms with Gasteiger partial charge in [-0.1, -0.05) is 30.3 Å². The number of phenolic OH excluding ortho intramolecular Hbond substituents is 2. The van der Waals surface area contributed by atoms with Crippen LogP contribution in [0.5, 0.6) is 11.5 Å². The third-order valence-corrected chi connectivity index (χ3v) is 2.55. The van der Waals surface area contributed by atoms with Crippen LogP contribution >= 0.6 is 0 Å². The summed E-state index contributed by atoms with van der Waals surface area (Å²) < 4.78 is 0. The molecule has 102 valence electrons. The maximum Gasteiger partial charge on any atom is 0.211 e. The highest BCUT2D eigenvalue weighted by Crippen LogP contribution is 2.25. The number of hydrogen-bond donors (Lipinski definition) is 4. The van der Waals surface area contributed by atoms with E-state index in [1.807, 2.05) is 30.3 Å². The van der Waals surface area contributed by atoms with Gasteiger partial charge >= 0.3 is 0 Å². The summed E-state index contributed by atoms with van der Waals surface area (Å²) in [6.07, 6.45) is 0. The molecule has 6 N–H and O–H groups in total. The molecule has 0 aliphatic heterocycles. The third-order valence-electron chi connectivity index (χ3n) is 2.55. The summed E-state index contributed by atoms with van der Waals surface area (Å²) in [6.45, 7) is 0. The van der Waals surface area contributed by atoms with Crippen LogP contribution in [0.4, 0.5) is 0 Å². The van der Waals surface area contributed by atoms with Crippen molar-refractivity contribution in [1.29, 1.82) is 0 Å². The minimum atomic E-state index is -0.184. The second-order valence-corrected chi connectivity index (χ2v) is 4.04. The molecule has 0 atom stereocenters. The van der Waals surface area contributed by atoms with Gasteiger partial charge in [-0.3, -0.25) is 0 Å². The van der Waals surface area contributed by atoms with Crippen molar-refractivity contribution in [2.75, 3.05) is 0 Å². The minimum Gasteiger partial charge on any atom is -0.508 e. The molecule has 0 amide bonds. The van der Waals surface area contributed by atoms with Crippen LogP contribution in [0.25, 0.3) is 0 Å². The topological polar surface area (TPSA) is 117 Å². The Morgan fingerprint density at radius 1 is 0.900 bits per heavy atom. The van der Waals surface area contributed by atoms with Crippen LogP contribution in [0.1, 0.15) is 11.1 Å². The van der Waals surface area contributed by atoms with Crippen LogP contribution in [-0.2, 0) is 0 Å². The molecule has 2 aromatic carbocycles. The molecule has 0 aliphatic rings. The lowest BCUT2D eigenvalue weighted by molar-refractivity contribution is 0.450. The van der Waals surface area contributed by atoms with Crippen molar-refractivity contribution in [2.45, 2.75) is 0 Å². The van der Waals surface area contributed by atoms with E-state index in [0.29, 0.717) is 11.3 Å². The minimum absolute atomic E-state index is 0.0412. The molecular formula is C14H14N4O2. The molecule has 0 saturated heterocycles. The van der Waals surface area contributed by atoms with Gasteiger partial charge < -0.3 is 21.7 Å². The highest BCUT2D eigenvalue weighted by atomic mass is 16.3. The smallest absolute Gasteiger partial charge is 0.211 e. The van der Waals surface area contributed by atoms with Gasteiger partial charge in [-0.05, 0) is 12.1 Å². The van der Waals surface area contributed by atoms with E-state index in [0.717, 1.165) is 5.56 Å². The largest absolute Gasteiger partial charge is 0.508 e. The van der Waals surface area contributed by atoms with E-state index in [9.17, 15) is 10.2 Å². The van der Waals surface area contributed by atoms with Crippen molar-refractivity contribution in [3.05, 3.63) is 59.7 Å². The van der Waals surface area contributed by atoms with Gasteiger partial charge in [-0.15, -0.1) is 10.2 Å². The standard InChI is InChI=1S/C14H14N4O2/c15-14(16)18-17-13(9-4-2-1-3-5-9)11-7-6-10(19)8-12(11)20/h1-8,19-20H,(H4,15,16,18)/b17-13-. The van der Waals surface area contributed by atoms with E-state index in [2.05, 4.69) is 10.2 Å². The molecule has 0 spiro atoms. The van der Waals surface area contributed by atoms with Crippen molar-refractivity contribution in [3.63, 3.8) is 0 Å². The second-order valence-electron chi connectivity index (χ2n) is 4.04. The zero-order valence-corrected chi connectivity index (χ0v) is 10.6. The Hall–Kier alpha value is -3.02. The lowest BCUT2D eigenvalue weighted by atomic mass is 10.0. The molecule has 2 rings (SSSR count). The lowest BCUT2D eigenvalue weighted by Gasteiger charge is -2.08. The predicted octanol–water partition coefficient (Wildman–Crippen LogP) is 1.12. The van der Waals surface area contributed by atoms with Crippen LogP contribution in [0.15, 0.2) is 58.7 Å². The Morgan fingerprint density at radius 2 is 1.60 bits per heavy atom. The van der Waals surface area contributed by atoms with Crippen molar-refractivity contribution in [3.8, 4) is 11.5 Å². The van der Waals surface area contributed by atoms with Crippen molar-refractivity contribution >= 4 is 11.7 Å². The molecule has 0 radical (unpaired) electrons. The molecule has 0 aliphatic carbocycles. The van der Waals surface area contributed by atoms with E-state index < -0.39 is 0 Å². The van der Waals surface area contributed by atoms with Crippen molar-refractivity contribution in [1.82, 2.24) is 0 Å². The molecular weight excluding hydrogens is 256 g/mol. The quantitative estimate of drug-likeness (QED) is 0.380. The number of benzene rings is 2. The summed E-state index contributed by atoms with van der Waals surface area (Å²) in [6, 6.07) is 13.4. The highest BCUT2D eigenvalue weighted by molar-refractivity contribution is 6.14. The van der Waals surface area contributed by atoms with Crippen LogP contribution in [0, 0.1) is 0 Å². The Bertz CT molecular complexity index is 662. The first-order valence-corrected chi connectivity index (χ1v) is 5.82. The Balaban J connectivity index is 2.58. The fraction of sp³-hybridized carbons (Fsp3) is 0. The van der Waals surface area contributed by atoms with Gasteiger partial charge in [0.25, 0.3) is 0 Å². The first-order chi connectivity index (χ1) is 9.58. The SMILES string of the molecule is NC(N)=N/N=C(/c1ccccc1)c1ccc(O)cc1O. The number of rotatable bonds is 3. The molecule has 0 unspecified atom stereocenters. The maximum atomic E-state index is 9.94. The molecule has 6 heteroatoms. The summed E-state index contributed by atoms with van der Waals surface area (Å²) in [4.78, 5) is 0. The normalized spacial score (nSPS) is 11.1. The fourth-order valence-corrected chi connectivity index (χ4v) is 1.69. The number of nitrogens with zero attached hydrogens (tertiary/aromatic N) is 2. The molecule has 0 fully saturated rings. The molecule has 0 heterocycles. The Morgan fingerprint density at radius 3 is 2.20 bits per heavy atom. The highest BCUT2D eigenvalue weighted by Gasteiger charge is 2.12. The van der Waals surface area contributed by atoms with E-state index >= 15 is 0 Å². The van der Waals surface area contributed by atoms with E-state index in [4.69, 9.17) is 11.5 Å². The maximum absolute atomic E-state index is 9.94. The zero-order valence-electron chi connectivity index (χ0n) is 10.6. The van der Waals surface area contributed by atoms with Crippen molar-refractivity contribution in [2.24, 2.45) is 21.7 Å². The Labute approximate surface area is 115 Å². The van der Waals surface area contributed by atoms with Gasteiger partial charge in [0.2, 0.25) is 5.96 Å². The monoisotopic (exact) mass is 270 g/mol. The lowest BCUT2D eigenvalue weighted by Crippen LogP contribution is -2.22. The average molecular weight is 270 g/mol. The van der Waals surface area contributed by atoms with Gasteiger partial charge in [0.1, 0.15) is 17.2 Å². The molecule has 2 aromatic rings. The number of phenols is 2. The Kier molecular flexibility index (Phi) is 3.85. The molecule has 0 aromatic heterocycles. The first-order valence-electron chi connectivity index (χ1n) is 5.82. The summed E-state index contributed by atoms with van der Waals surface area (Å²) in [7, 11) is 0.